The molecular formula is C14H19F2N3O3. The maximum atomic E-state index is 12.5. The number of carbonyl (C=O) groups excluding carboxylic acids is 2. The van der Waals surface area contributed by atoms with Gasteiger partial charge in [0.25, 0.3) is 5.91 Å². The second kappa shape index (κ2) is 7.33. The van der Waals surface area contributed by atoms with Crippen molar-refractivity contribution in [3.63, 3.8) is 0 Å². The number of nitrogens with zero attached hydrogens (tertiary/aromatic N) is 3. The first-order valence-corrected chi connectivity index (χ1v) is 7.32. The van der Waals surface area contributed by atoms with Crippen LogP contribution in [-0.2, 0) is 9.53 Å². The zero-order valence-electron chi connectivity index (χ0n) is 12.4. The predicted octanol–water partition coefficient (Wildman–Crippen LogP) is 2.23. The van der Waals surface area contributed by atoms with E-state index < -0.39 is 12.5 Å². The van der Waals surface area contributed by atoms with Crippen LogP contribution in [0.25, 0.3) is 0 Å². The van der Waals surface area contributed by atoms with Crippen LogP contribution in [0, 0.1) is 0 Å². The molecule has 122 valence electrons. The van der Waals surface area contributed by atoms with Gasteiger partial charge in [0.2, 0.25) is 0 Å². The molecule has 1 fully saturated rings. The number of amides is 1. The van der Waals surface area contributed by atoms with E-state index in [0.717, 1.165) is 19.0 Å². The minimum Gasteiger partial charge on any atom is -0.466 e. The third-order valence-electron chi connectivity index (χ3n) is 3.62. The number of halogens is 2. The Bertz CT molecular complexity index is 533. The summed E-state index contributed by atoms with van der Waals surface area (Å²) in [7, 11) is 0. The van der Waals surface area contributed by atoms with Crippen LogP contribution < -0.4 is 0 Å². The van der Waals surface area contributed by atoms with Crippen molar-refractivity contribution in [2.24, 2.45) is 0 Å². The first-order valence-electron chi connectivity index (χ1n) is 7.32. The Morgan fingerprint density at radius 2 is 2.23 bits per heavy atom. The second-order valence-corrected chi connectivity index (χ2v) is 5.12. The number of aromatic nitrogens is 2. The molecule has 8 heteroatoms. The predicted molar refractivity (Wildman–Crippen MR) is 73.4 cm³/mol. The Morgan fingerprint density at radius 3 is 2.86 bits per heavy atom. The van der Waals surface area contributed by atoms with E-state index in [4.69, 9.17) is 4.74 Å². The van der Waals surface area contributed by atoms with Crippen molar-refractivity contribution >= 4 is 11.9 Å². The van der Waals surface area contributed by atoms with Gasteiger partial charge in [-0.1, -0.05) is 0 Å². The normalized spacial score (nSPS) is 18.5. The molecule has 1 amide bonds. The number of likely N-dealkylation sites (tertiary alicyclic amines) is 1. The highest BCUT2D eigenvalue weighted by Gasteiger charge is 2.30. The molecule has 1 saturated heterocycles. The number of esters is 1. The average Bonchev–Trinajstić information content (AvgIpc) is 2.97. The van der Waals surface area contributed by atoms with Crippen LogP contribution in [0.5, 0.6) is 0 Å². The van der Waals surface area contributed by atoms with E-state index in [0.29, 0.717) is 17.6 Å². The zero-order valence-corrected chi connectivity index (χ0v) is 12.4. The maximum absolute atomic E-state index is 12.5. The summed E-state index contributed by atoms with van der Waals surface area (Å²) in [5.74, 6) is -0.779. The number of ether oxygens (including phenoxy) is 1. The molecule has 1 atom stereocenters. The fourth-order valence-corrected chi connectivity index (χ4v) is 2.60. The topological polar surface area (TPSA) is 64.4 Å². The lowest BCUT2D eigenvalue weighted by atomic mass is 9.99. The average molecular weight is 315 g/mol. The van der Waals surface area contributed by atoms with Crippen LogP contribution in [0.3, 0.4) is 0 Å². The van der Waals surface area contributed by atoms with Crippen molar-refractivity contribution in [1.82, 2.24) is 14.7 Å². The lowest BCUT2D eigenvalue weighted by Crippen LogP contribution is -2.45. The van der Waals surface area contributed by atoms with Crippen LogP contribution >= 0.6 is 0 Å². The highest BCUT2D eigenvalue weighted by molar-refractivity contribution is 5.92. The van der Waals surface area contributed by atoms with E-state index >= 15 is 0 Å². The van der Waals surface area contributed by atoms with Crippen LogP contribution in [0.1, 0.15) is 49.6 Å². The van der Waals surface area contributed by atoms with E-state index in [1.54, 1.807) is 11.8 Å². The standard InChI is InChI=1S/C14H19F2N3O3/c1-2-22-12(20)9-10-5-3-4-7-18(10)13(21)11-6-8-19(17-11)14(15)16/h6,8,10,14H,2-5,7,9H2,1H3. The zero-order chi connectivity index (χ0) is 16.1. The first kappa shape index (κ1) is 16.4. The van der Waals surface area contributed by atoms with Gasteiger partial charge in [-0.05, 0) is 32.3 Å². The number of carbonyl (C=O) groups is 2. The van der Waals surface area contributed by atoms with Crippen molar-refractivity contribution in [3.05, 3.63) is 18.0 Å². The van der Waals surface area contributed by atoms with Crippen LogP contribution in [0.2, 0.25) is 0 Å². The fraction of sp³-hybridized carbons (Fsp3) is 0.643. The Kier molecular flexibility index (Phi) is 5.46. The van der Waals surface area contributed by atoms with E-state index in [1.807, 2.05) is 0 Å². The molecule has 0 saturated carbocycles. The molecule has 0 spiro atoms. The van der Waals surface area contributed by atoms with Gasteiger partial charge in [0.15, 0.2) is 5.69 Å². The molecule has 0 bridgehead atoms. The van der Waals surface area contributed by atoms with E-state index in [2.05, 4.69) is 5.10 Å². The molecule has 0 aromatic carbocycles. The van der Waals surface area contributed by atoms with Gasteiger partial charge in [-0.2, -0.15) is 13.9 Å². The monoisotopic (exact) mass is 315 g/mol. The van der Waals surface area contributed by atoms with Crippen molar-refractivity contribution in [2.75, 3.05) is 13.2 Å². The summed E-state index contributed by atoms with van der Waals surface area (Å²) >= 11 is 0. The summed E-state index contributed by atoms with van der Waals surface area (Å²) in [4.78, 5) is 25.6. The number of piperidine rings is 1. The first-order chi connectivity index (χ1) is 10.5. The van der Waals surface area contributed by atoms with Gasteiger partial charge in [-0.25, -0.2) is 4.68 Å². The molecule has 1 aliphatic heterocycles. The van der Waals surface area contributed by atoms with Crippen molar-refractivity contribution in [1.29, 1.82) is 0 Å². The third kappa shape index (κ3) is 3.80. The minimum absolute atomic E-state index is 0.0314. The van der Waals surface area contributed by atoms with Crippen LogP contribution in [-0.4, -0.2) is 45.8 Å². The highest BCUT2D eigenvalue weighted by Crippen LogP contribution is 2.22. The lowest BCUT2D eigenvalue weighted by molar-refractivity contribution is -0.144. The number of rotatable bonds is 5. The number of hydrogen-bond acceptors (Lipinski definition) is 4. The van der Waals surface area contributed by atoms with Gasteiger partial charge in [0.1, 0.15) is 0 Å². The smallest absolute Gasteiger partial charge is 0.333 e. The molecule has 1 unspecified atom stereocenters. The lowest BCUT2D eigenvalue weighted by Gasteiger charge is -2.34. The van der Waals surface area contributed by atoms with Crippen LogP contribution in [0.4, 0.5) is 8.78 Å². The molecule has 22 heavy (non-hydrogen) atoms. The van der Waals surface area contributed by atoms with E-state index in [-0.39, 0.29) is 30.7 Å². The molecule has 1 aromatic rings. The quantitative estimate of drug-likeness (QED) is 0.782. The summed E-state index contributed by atoms with van der Waals surface area (Å²) < 4.78 is 30.4. The van der Waals surface area contributed by atoms with E-state index in [9.17, 15) is 18.4 Å². The molecule has 2 heterocycles. The van der Waals surface area contributed by atoms with Crippen molar-refractivity contribution in [3.8, 4) is 0 Å². The van der Waals surface area contributed by atoms with Gasteiger partial charge in [-0.15, -0.1) is 0 Å². The Morgan fingerprint density at radius 1 is 1.45 bits per heavy atom. The number of alkyl halides is 2. The summed E-state index contributed by atoms with van der Waals surface area (Å²) in [6.07, 6.45) is 3.62. The summed E-state index contributed by atoms with van der Waals surface area (Å²) in [5.41, 5.74) is -0.0314. The molecule has 2 rings (SSSR count). The van der Waals surface area contributed by atoms with Crippen molar-refractivity contribution < 1.29 is 23.1 Å². The fourth-order valence-electron chi connectivity index (χ4n) is 2.60. The summed E-state index contributed by atoms with van der Waals surface area (Å²) in [6, 6.07) is 1.00. The molecule has 0 aliphatic carbocycles. The third-order valence-corrected chi connectivity index (χ3v) is 3.62. The van der Waals surface area contributed by atoms with E-state index in [1.165, 1.54) is 6.07 Å². The largest absolute Gasteiger partial charge is 0.466 e. The Labute approximate surface area is 127 Å². The van der Waals surface area contributed by atoms with Crippen LogP contribution in [0.15, 0.2) is 12.3 Å². The maximum Gasteiger partial charge on any atom is 0.333 e. The Balaban J connectivity index is 2.08. The molecular weight excluding hydrogens is 296 g/mol. The van der Waals surface area contributed by atoms with Gasteiger partial charge in [0, 0.05) is 18.8 Å². The number of hydrogen-bond donors (Lipinski definition) is 0. The second-order valence-electron chi connectivity index (χ2n) is 5.12. The minimum atomic E-state index is -2.78. The molecule has 6 nitrogen and oxygen atoms in total. The van der Waals surface area contributed by atoms with Gasteiger partial charge >= 0.3 is 12.5 Å². The van der Waals surface area contributed by atoms with Gasteiger partial charge in [-0.3, -0.25) is 9.59 Å². The Hall–Kier alpha value is -1.99. The highest BCUT2D eigenvalue weighted by atomic mass is 19.3. The summed E-state index contributed by atoms with van der Waals surface area (Å²) in [5, 5.41) is 3.59. The van der Waals surface area contributed by atoms with Crippen molar-refractivity contribution in [2.45, 2.75) is 45.2 Å². The SMILES string of the molecule is CCOC(=O)CC1CCCCN1C(=O)c1ccn(C(F)F)n1. The molecule has 1 aliphatic rings. The molecule has 1 aromatic heterocycles. The molecule has 0 N–H and O–H groups in total. The molecule has 0 radical (unpaired) electrons. The van der Waals surface area contributed by atoms with Gasteiger partial charge in [0.05, 0.1) is 13.0 Å². The summed E-state index contributed by atoms with van der Waals surface area (Å²) in [6.45, 7) is -0.278. The van der Waals surface area contributed by atoms with Gasteiger partial charge < -0.3 is 9.64 Å².